The average molecular weight is 214 g/mol. The molecule has 2 heteroatoms. The third-order valence-corrected chi connectivity index (χ3v) is 4.12. The highest BCUT2D eigenvalue weighted by atomic mass is 16.3. The first kappa shape index (κ1) is 13.0. The van der Waals surface area contributed by atoms with Crippen molar-refractivity contribution in [1.29, 1.82) is 0 Å². The highest BCUT2D eigenvalue weighted by Crippen LogP contribution is 2.43. The van der Waals surface area contributed by atoms with E-state index in [-0.39, 0.29) is 12.0 Å². The summed E-state index contributed by atoms with van der Waals surface area (Å²) in [6.07, 6.45) is 5.21. The predicted molar refractivity (Wildman–Crippen MR) is 62.6 cm³/mol. The first-order chi connectivity index (χ1) is 6.97. The van der Waals surface area contributed by atoms with Crippen LogP contribution in [0.2, 0.25) is 0 Å². The van der Waals surface area contributed by atoms with E-state index in [4.69, 9.17) is 5.11 Å². The molecule has 1 saturated carbocycles. The fourth-order valence-electron chi connectivity index (χ4n) is 2.84. The van der Waals surface area contributed by atoms with Gasteiger partial charge in [-0.25, -0.2) is 0 Å². The Labute approximate surface area is 93.7 Å². The van der Waals surface area contributed by atoms with Gasteiger partial charge in [0.1, 0.15) is 0 Å². The summed E-state index contributed by atoms with van der Waals surface area (Å²) < 4.78 is 0. The second-order valence-corrected chi connectivity index (χ2v) is 5.93. The van der Waals surface area contributed by atoms with Gasteiger partial charge < -0.3 is 10.2 Å². The molecule has 0 spiro atoms. The van der Waals surface area contributed by atoms with Crippen LogP contribution in [0.5, 0.6) is 0 Å². The van der Waals surface area contributed by atoms with Crippen molar-refractivity contribution in [2.45, 2.75) is 59.0 Å². The van der Waals surface area contributed by atoms with Gasteiger partial charge in [-0.05, 0) is 49.4 Å². The lowest BCUT2D eigenvalue weighted by Gasteiger charge is -2.39. The lowest BCUT2D eigenvalue weighted by atomic mass is 9.67. The molecule has 0 aromatic rings. The second-order valence-electron chi connectivity index (χ2n) is 5.93. The Kier molecular flexibility index (Phi) is 4.60. The molecule has 0 saturated heterocycles. The van der Waals surface area contributed by atoms with E-state index in [1.165, 1.54) is 25.7 Å². The summed E-state index contributed by atoms with van der Waals surface area (Å²) in [6.45, 7) is 6.76. The number of aliphatic hydroxyl groups is 2. The van der Waals surface area contributed by atoms with E-state index in [1.807, 2.05) is 0 Å². The molecule has 1 unspecified atom stereocenters. The average Bonchev–Trinajstić information content (AvgIpc) is 2.17. The van der Waals surface area contributed by atoms with E-state index in [2.05, 4.69) is 20.8 Å². The van der Waals surface area contributed by atoms with Crippen LogP contribution >= 0.6 is 0 Å². The van der Waals surface area contributed by atoms with Gasteiger partial charge in [-0.2, -0.15) is 0 Å². The summed E-state index contributed by atoms with van der Waals surface area (Å²) in [7, 11) is 0. The largest absolute Gasteiger partial charge is 0.394 e. The van der Waals surface area contributed by atoms with Crippen molar-refractivity contribution in [1.82, 2.24) is 0 Å². The van der Waals surface area contributed by atoms with Gasteiger partial charge in [0.25, 0.3) is 0 Å². The predicted octanol–water partition coefficient (Wildman–Crippen LogP) is 2.58. The molecule has 0 bridgehead atoms. The maximum Gasteiger partial charge on any atom is 0.0776 e. The van der Waals surface area contributed by atoms with E-state index in [0.29, 0.717) is 0 Å². The van der Waals surface area contributed by atoms with Crippen molar-refractivity contribution in [2.75, 3.05) is 6.61 Å². The maximum atomic E-state index is 9.50. The van der Waals surface area contributed by atoms with Gasteiger partial charge in [0, 0.05) is 0 Å². The van der Waals surface area contributed by atoms with Crippen molar-refractivity contribution in [2.24, 2.45) is 17.3 Å². The lowest BCUT2D eigenvalue weighted by molar-refractivity contribution is 0.0281. The third kappa shape index (κ3) is 3.76. The fraction of sp³-hybridized carbons (Fsp3) is 1.00. The van der Waals surface area contributed by atoms with E-state index in [0.717, 1.165) is 18.3 Å². The summed E-state index contributed by atoms with van der Waals surface area (Å²) in [4.78, 5) is 0. The third-order valence-electron chi connectivity index (χ3n) is 4.12. The van der Waals surface area contributed by atoms with Gasteiger partial charge >= 0.3 is 0 Å². The van der Waals surface area contributed by atoms with Crippen molar-refractivity contribution < 1.29 is 10.2 Å². The Bertz CT molecular complexity index is 181. The highest BCUT2D eigenvalue weighted by molar-refractivity contribution is 4.84. The standard InChI is InChI=1S/C13H26O2/c1-10(2)11-4-6-13(3,7-5-11)8-12(15)9-14/h10-12,14-15H,4-9H2,1-3H3. The molecule has 90 valence electrons. The molecule has 2 N–H and O–H groups in total. The minimum Gasteiger partial charge on any atom is -0.394 e. The minimum atomic E-state index is -0.523. The van der Waals surface area contributed by atoms with Gasteiger partial charge in [0.05, 0.1) is 12.7 Å². The van der Waals surface area contributed by atoms with Gasteiger partial charge in [-0.1, -0.05) is 20.8 Å². The molecule has 1 fully saturated rings. The molecule has 1 rings (SSSR count). The zero-order valence-electron chi connectivity index (χ0n) is 10.4. The molecule has 15 heavy (non-hydrogen) atoms. The molecule has 0 amide bonds. The molecule has 0 aromatic heterocycles. The van der Waals surface area contributed by atoms with E-state index >= 15 is 0 Å². The van der Waals surface area contributed by atoms with Crippen molar-refractivity contribution in [3.05, 3.63) is 0 Å². The van der Waals surface area contributed by atoms with Crippen LogP contribution in [0.1, 0.15) is 52.9 Å². The summed E-state index contributed by atoms with van der Waals surface area (Å²) in [5.41, 5.74) is 0.257. The van der Waals surface area contributed by atoms with Gasteiger partial charge in [-0.15, -0.1) is 0 Å². The Morgan fingerprint density at radius 3 is 2.20 bits per heavy atom. The SMILES string of the molecule is CC(C)C1CCC(C)(CC(O)CO)CC1. The smallest absolute Gasteiger partial charge is 0.0776 e. The number of aliphatic hydroxyl groups excluding tert-OH is 2. The van der Waals surface area contributed by atoms with Crippen LogP contribution in [-0.4, -0.2) is 22.9 Å². The minimum absolute atomic E-state index is 0.0940. The van der Waals surface area contributed by atoms with Crippen LogP contribution in [-0.2, 0) is 0 Å². The first-order valence-electron chi connectivity index (χ1n) is 6.26. The van der Waals surface area contributed by atoms with Crippen LogP contribution in [0.15, 0.2) is 0 Å². The number of rotatable bonds is 4. The number of hydrogen-bond donors (Lipinski definition) is 2. The molecule has 1 atom stereocenters. The number of hydrogen-bond acceptors (Lipinski definition) is 2. The molecular formula is C13H26O2. The molecule has 2 nitrogen and oxygen atoms in total. The Morgan fingerprint density at radius 1 is 1.27 bits per heavy atom. The summed E-state index contributed by atoms with van der Waals surface area (Å²) in [6, 6.07) is 0. The topological polar surface area (TPSA) is 40.5 Å². The second kappa shape index (κ2) is 5.31. The fourth-order valence-corrected chi connectivity index (χ4v) is 2.84. The van der Waals surface area contributed by atoms with Crippen LogP contribution in [0.25, 0.3) is 0 Å². The van der Waals surface area contributed by atoms with Crippen LogP contribution in [0.3, 0.4) is 0 Å². The van der Waals surface area contributed by atoms with Crippen LogP contribution in [0, 0.1) is 17.3 Å². The summed E-state index contributed by atoms with van der Waals surface area (Å²) in [5, 5.41) is 18.4. The van der Waals surface area contributed by atoms with Crippen molar-refractivity contribution in [3.63, 3.8) is 0 Å². The van der Waals surface area contributed by atoms with Crippen molar-refractivity contribution >= 4 is 0 Å². The summed E-state index contributed by atoms with van der Waals surface area (Å²) >= 11 is 0. The van der Waals surface area contributed by atoms with Crippen LogP contribution < -0.4 is 0 Å². The lowest BCUT2D eigenvalue weighted by Crippen LogP contribution is -2.31. The van der Waals surface area contributed by atoms with E-state index in [9.17, 15) is 5.11 Å². The van der Waals surface area contributed by atoms with E-state index in [1.54, 1.807) is 0 Å². The summed E-state index contributed by atoms with van der Waals surface area (Å²) in [5.74, 6) is 1.65. The maximum absolute atomic E-state index is 9.50. The molecule has 0 aliphatic heterocycles. The van der Waals surface area contributed by atoms with E-state index < -0.39 is 6.10 Å². The van der Waals surface area contributed by atoms with Crippen molar-refractivity contribution in [3.8, 4) is 0 Å². The zero-order valence-corrected chi connectivity index (χ0v) is 10.4. The highest BCUT2D eigenvalue weighted by Gasteiger charge is 2.33. The Hall–Kier alpha value is -0.0800. The van der Waals surface area contributed by atoms with Gasteiger partial charge in [-0.3, -0.25) is 0 Å². The Morgan fingerprint density at radius 2 is 1.80 bits per heavy atom. The van der Waals surface area contributed by atoms with Gasteiger partial charge in [0.15, 0.2) is 0 Å². The molecule has 0 heterocycles. The Balaban J connectivity index is 2.40. The molecule has 1 aliphatic rings. The van der Waals surface area contributed by atoms with Gasteiger partial charge in [0.2, 0.25) is 0 Å². The monoisotopic (exact) mass is 214 g/mol. The molecular weight excluding hydrogens is 188 g/mol. The first-order valence-corrected chi connectivity index (χ1v) is 6.26. The quantitative estimate of drug-likeness (QED) is 0.755. The molecule has 1 aliphatic carbocycles. The molecule has 0 aromatic carbocycles. The van der Waals surface area contributed by atoms with Crippen LogP contribution in [0.4, 0.5) is 0 Å². The molecule has 0 radical (unpaired) electrons. The normalized spacial score (nSPS) is 34.4. The zero-order chi connectivity index (χ0) is 11.5.